The minimum atomic E-state index is 0.250. The molecule has 0 spiro atoms. The third-order valence-corrected chi connectivity index (χ3v) is 2.50. The van der Waals surface area contributed by atoms with Crippen molar-refractivity contribution in [3.63, 3.8) is 0 Å². The molecule has 5 heteroatoms. The number of hydrogen-bond acceptors (Lipinski definition) is 4. The topological polar surface area (TPSA) is 63.8 Å². The summed E-state index contributed by atoms with van der Waals surface area (Å²) in [6.07, 6.45) is 0.869. The van der Waals surface area contributed by atoms with Crippen LogP contribution in [0.3, 0.4) is 0 Å². The lowest BCUT2D eigenvalue weighted by atomic mass is 10.0. The van der Waals surface area contributed by atoms with Crippen LogP contribution in [0, 0.1) is 0 Å². The van der Waals surface area contributed by atoms with Crippen LogP contribution < -0.4 is 11.1 Å². The van der Waals surface area contributed by atoms with E-state index in [2.05, 4.69) is 22.2 Å². The summed E-state index contributed by atoms with van der Waals surface area (Å²) in [5.41, 5.74) is 7.44. The molecule has 1 unspecified atom stereocenters. The predicted octanol–water partition coefficient (Wildman–Crippen LogP) is 0.746. The first-order chi connectivity index (χ1) is 6.16. The average Bonchev–Trinajstić information content (AvgIpc) is 2.06. The van der Waals surface area contributed by atoms with Crippen LogP contribution in [-0.4, -0.2) is 16.0 Å². The lowest BCUT2D eigenvalue weighted by molar-refractivity contribution is 0.503. The molecule has 1 atom stereocenters. The Balaban J connectivity index is 2.47. The molecular weight excluding hydrogens is 188 g/mol. The Labute approximate surface area is 81.5 Å². The molecule has 2 heterocycles. The number of nitrogens with one attached hydrogen (secondary N) is 1. The predicted molar refractivity (Wildman–Crippen MR) is 51.5 cm³/mol. The molecule has 70 valence electrons. The van der Waals surface area contributed by atoms with Crippen LogP contribution in [0.1, 0.15) is 18.2 Å². The molecule has 0 bridgehead atoms. The average molecular weight is 199 g/mol. The Bertz CT molecular complexity index is 339. The van der Waals surface area contributed by atoms with Gasteiger partial charge in [0.25, 0.3) is 0 Å². The Kier molecular flexibility index (Phi) is 2.09. The monoisotopic (exact) mass is 198 g/mol. The minimum absolute atomic E-state index is 0.250. The van der Waals surface area contributed by atoms with Crippen LogP contribution >= 0.6 is 11.6 Å². The Morgan fingerprint density at radius 2 is 2.31 bits per heavy atom. The van der Waals surface area contributed by atoms with E-state index in [0.29, 0.717) is 11.2 Å². The molecule has 1 aliphatic heterocycles. The molecule has 4 nitrogen and oxygen atoms in total. The van der Waals surface area contributed by atoms with Crippen molar-refractivity contribution in [2.24, 2.45) is 0 Å². The Morgan fingerprint density at radius 1 is 1.54 bits per heavy atom. The van der Waals surface area contributed by atoms with Gasteiger partial charge >= 0.3 is 0 Å². The van der Waals surface area contributed by atoms with Crippen molar-refractivity contribution >= 4 is 17.5 Å². The van der Waals surface area contributed by atoms with Gasteiger partial charge in [0.2, 0.25) is 5.95 Å². The fraction of sp³-hybridized carbons (Fsp3) is 0.500. The van der Waals surface area contributed by atoms with Crippen LogP contribution in [-0.2, 0) is 13.0 Å². The van der Waals surface area contributed by atoms with Gasteiger partial charge in [-0.1, -0.05) is 11.6 Å². The normalized spacial score (nSPS) is 21.2. The second-order valence-corrected chi connectivity index (χ2v) is 3.64. The van der Waals surface area contributed by atoms with Crippen molar-refractivity contribution in [3.8, 4) is 0 Å². The number of fused-ring (bicyclic) bond motifs is 1. The van der Waals surface area contributed by atoms with Crippen molar-refractivity contribution in [3.05, 3.63) is 16.4 Å². The second-order valence-electron chi connectivity index (χ2n) is 3.28. The summed E-state index contributed by atoms with van der Waals surface area (Å²) in [7, 11) is 0. The van der Waals surface area contributed by atoms with Crippen LogP contribution in [0.4, 0.5) is 5.95 Å². The molecule has 2 rings (SSSR count). The van der Waals surface area contributed by atoms with Gasteiger partial charge in [0, 0.05) is 18.2 Å². The molecule has 0 amide bonds. The summed E-state index contributed by atoms with van der Waals surface area (Å²) in [4.78, 5) is 8.05. The van der Waals surface area contributed by atoms with Crippen molar-refractivity contribution in [2.75, 3.05) is 5.73 Å². The quantitative estimate of drug-likeness (QED) is 0.604. The van der Waals surface area contributed by atoms with Gasteiger partial charge in [-0.25, -0.2) is 9.97 Å². The van der Waals surface area contributed by atoms with Gasteiger partial charge in [-0.3, -0.25) is 0 Å². The third-order valence-electron chi connectivity index (χ3n) is 2.19. The molecule has 0 saturated heterocycles. The van der Waals surface area contributed by atoms with Gasteiger partial charge in [0.15, 0.2) is 0 Å². The highest BCUT2D eigenvalue weighted by Crippen LogP contribution is 2.22. The van der Waals surface area contributed by atoms with Crippen molar-refractivity contribution in [2.45, 2.75) is 25.9 Å². The number of nitrogens with two attached hydrogens (primary N) is 1. The highest BCUT2D eigenvalue weighted by atomic mass is 35.5. The number of hydrogen-bond donors (Lipinski definition) is 2. The molecule has 0 aromatic carbocycles. The first-order valence-electron chi connectivity index (χ1n) is 4.21. The highest BCUT2D eigenvalue weighted by molar-refractivity contribution is 6.30. The smallest absolute Gasteiger partial charge is 0.221 e. The Hall–Kier alpha value is -0.870. The molecule has 0 saturated carbocycles. The van der Waals surface area contributed by atoms with Gasteiger partial charge in [-0.05, 0) is 13.3 Å². The van der Waals surface area contributed by atoms with Gasteiger partial charge in [-0.15, -0.1) is 0 Å². The van der Waals surface area contributed by atoms with E-state index in [1.54, 1.807) is 0 Å². The van der Waals surface area contributed by atoms with Crippen LogP contribution in [0.5, 0.6) is 0 Å². The van der Waals surface area contributed by atoms with Gasteiger partial charge < -0.3 is 11.1 Å². The summed E-state index contributed by atoms with van der Waals surface area (Å²) >= 11 is 5.95. The zero-order valence-electron chi connectivity index (χ0n) is 7.34. The number of halogens is 1. The maximum atomic E-state index is 5.95. The summed E-state index contributed by atoms with van der Waals surface area (Å²) in [6.45, 7) is 2.83. The first kappa shape index (κ1) is 8.72. The highest BCUT2D eigenvalue weighted by Gasteiger charge is 2.19. The van der Waals surface area contributed by atoms with E-state index < -0.39 is 0 Å². The van der Waals surface area contributed by atoms with E-state index in [4.69, 9.17) is 17.3 Å². The van der Waals surface area contributed by atoms with Crippen LogP contribution in [0.2, 0.25) is 5.15 Å². The van der Waals surface area contributed by atoms with Crippen molar-refractivity contribution < 1.29 is 0 Å². The van der Waals surface area contributed by atoms with Crippen molar-refractivity contribution in [1.82, 2.24) is 15.3 Å². The standard InChI is InChI=1S/C8H11ClN4/c1-4-2-5-6(3-11-4)12-8(10)13-7(5)9/h4,11H,2-3H2,1H3,(H2,10,12,13). The maximum absolute atomic E-state index is 5.95. The number of anilines is 1. The number of nitrogen functional groups attached to an aromatic ring is 1. The van der Waals surface area contributed by atoms with Crippen molar-refractivity contribution in [1.29, 1.82) is 0 Å². The molecule has 0 radical (unpaired) electrons. The Morgan fingerprint density at radius 3 is 3.08 bits per heavy atom. The lowest BCUT2D eigenvalue weighted by Gasteiger charge is -2.22. The summed E-state index contributed by atoms with van der Waals surface area (Å²) in [5, 5.41) is 3.78. The SMILES string of the molecule is CC1Cc2c(Cl)nc(N)nc2CN1. The van der Waals surface area contributed by atoms with Gasteiger partial charge in [0.05, 0.1) is 5.69 Å². The zero-order chi connectivity index (χ0) is 9.42. The van der Waals surface area contributed by atoms with Crippen LogP contribution in [0.25, 0.3) is 0 Å². The molecule has 3 N–H and O–H groups in total. The van der Waals surface area contributed by atoms with Gasteiger partial charge in [0.1, 0.15) is 5.15 Å². The first-order valence-corrected chi connectivity index (χ1v) is 4.58. The van der Waals surface area contributed by atoms with E-state index in [1.807, 2.05) is 0 Å². The van der Waals surface area contributed by atoms with E-state index in [0.717, 1.165) is 24.2 Å². The molecular formula is C8H11ClN4. The number of nitrogens with zero attached hydrogens (tertiary/aromatic N) is 2. The number of aromatic nitrogens is 2. The maximum Gasteiger partial charge on any atom is 0.221 e. The molecule has 1 aromatic rings. The summed E-state index contributed by atoms with van der Waals surface area (Å²) < 4.78 is 0. The van der Waals surface area contributed by atoms with E-state index in [-0.39, 0.29) is 5.95 Å². The van der Waals surface area contributed by atoms with E-state index in [1.165, 1.54) is 0 Å². The van der Waals surface area contributed by atoms with Crippen LogP contribution in [0.15, 0.2) is 0 Å². The number of rotatable bonds is 0. The minimum Gasteiger partial charge on any atom is -0.368 e. The molecule has 0 aliphatic carbocycles. The second kappa shape index (κ2) is 3.12. The molecule has 0 fully saturated rings. The lowest BCUT2D eigenvalue weighted by Crippen LogP contribution is -2.34. The van der Waals surface area contributed by atoms with Gasteiger partial charge in [-0.2, -0.15) is 0 Å². The van der Waals surface area contributed by atoms with E-state index >= 15 is 0 Å². The summed E-state index contributed by atoms with van der Waals surface area (Å²) in [5.74, 6) is 0.250. The fourth-order valence-electron chi connectivity index (χ4n) is 1.52. The molecule has 1 aromatic heterocycles. The fourth-order valence-corrected chi connectivity index (χ4v) is 1.79. The zero-order valence-corrected chi connectivity index (χ0v) is 8.10. The third kappa shape index (κ3) is 1.59. The molecule has 1 aliphatic rings. The summed E-state index contributed by atoms with van der Waals surface area (Å²) in [6, 6.07) is 0.428. The molecule has 13 heavy (non-hydrogen) atoms. The largest absolute Gasteiger partial charge is 0.368 e. The van der Waals surface area contributed by atoms with E-state index in [9.17, 15) is 0 Å².